The van der Waals surface area contributed by atoms with Crippen molar-refractivity contribution in [3.63, 3.8) is 0 Å². The maximum atomic E-state index is 13.1. The van der Waals surface area contributed by atoms with Crippen LogP contribution in [0.4, 0.5) is 9.80 Å². The van der Waals surface area contributed by atoms with Gasteiger partial charge in [0, 0.05) is 0 Å². The van der Waals surface area contributed by atoms with Crippen molar-refractivity contribution >= 4 is 40.1 Å². The summed E-state index contributed by atoms with van der Waals surface area (Å²) in [6, 6.07) is 7.63. The number of methoxy groups -OCH3 is 1. The van der Waals surface area contributed by atoms with Crippen LogP contribution in [0.25, 0.3) is 0 Å². The Kier molecular flexibility index (Phi) is 5.55. The monoisotopic (exact) mass is 416 g/mol. The third-order valence-electron chi connectivity index (χ3n) is 4.77. The maximum Gasteiger partial charge on any atom is 0.325 e. The van der Waals surface area contributed by atoms with Crippen molar-refractivity contribution in [3.05, 3.63) is 46.8 Å². The zero-order valence-electron chi connectivity index (χ0n) is 15.9. The van der Waals surface area contributed by atoms with Crippen LogP contribution in [-0.4, -0.2) is 42.3 Å². The molecule has 29 heavy (non-hydrogen) atoms. The zero-order chi connectivity index (χ0) is 21.2. The molecule has 0 bridgehead atoms. The van der Waals surface area contributed by atoms with Crippen LogP contribution in [0.2, 0.25) is 0 Å². The number of carbonyl (C=O) groups is 4. The Hall–Kier alpha value is -3.40. The van der Waals surface area contributed by atoms with Crippen molar-refractivity contribution in [3.8, 4) is 5.75 Å². The van der Waals surface area contributed by atoms with Crippen LogP contribution in [0.5, 0.6) is 5.75 Å². The predicted octanol–water partition coefficient (Wildman–Crippen LogP) is 1.65. The van der Waals surface area contributed by atoms with E-state index < -0.39 is 35.8 Å². The van der Waals surface area contributed by atoms with E-state index in [1.807, 2.05) is 0 Å². The van der Waals surface area contributed by atoms with E-state index in [2.05, 4.69) is 10.6 Å². The number of imide groups is 1. The van der Waals surface area contributed by atoms with Gasteiger partial charge in [0.15, 0.2) is 0 Å². The summed E-state index contributed by atoms with van der Waals surface area (Å²) < 4.78 is 5.13. The molecule has 0 radical (unpaired) electrons. The molecule has 1 fully saturated rings. The molecular formula is C19H20N4O5S. The van der Waals surface area contributed by atoms with Crippen LogP contribution < -0.4 is 21.1 Å². The van der Waals surface area contributed by atoms with Crippen molar-refractivity contribution in [2.24, 2.45) is 5.73 Å². The molecule has 152 valence electrons. The molecule has 1 aliphatic rings. The number of anilines is 1. The molecule has 1 saturated heterocycles. The molecule has 2 heterocycles. The number of thiophene rings is 1. The number of benzene rings is 1. The Morgan fingerprint density at radius 1 is 1.24 bits per heavy atom. The standard InChI is InChI=1S/C19H20N4O5S/c1-3-19(11-4-6-12(28-2)7-5-11)17(26)23(18(27)22-19)10-14(24)21-16-13(15(20)25)8-9-29-16/h4-9H,3,10H2,1-2H3,(H2,20,25)(H,21,24)(H,22,27)/t19-/m1/s1. The average molecular weight is 416 g/mol. The fourth-order valence-electron chi connectivity index (χ4n) is 3.19. The van der Waals surface area contributed by atoms with Gasteiger partial charge in [-0.2, -0.15) is 0 Å². The van der Waals surface area contributed by atoms with Gasteiger partial charge in [0.05, 0.1) is 12.7 Å². The first-order valence-corrected chi connectivity index (χ1v) is 9.66. The SMILES string of the molecule is CC[C@]1(c2ccc(OC)cc2)NC(=O)N(CC(=O)Nc2sccc2C(N)=O)C1=O. The van der Waals surface area contributed by atoms with Crippen molar-refractivity contribution in [1.29, 1.82) is 0 Å². The third-order valence-corrected chi connectivity index (χ3v) is 5.60. The molecule has 2 aromatic rings. The number of nitrogens with one attached hydrogen (secondary N) is 2. The number of hydrogen-bond donors (Lipinski definition) is 3. The van der Waals surface area contributed by atoms with Gasteiger partial charge in [-0.3, -0.25) is 19.3 Å². The lowest BCUT2D eigenvalue weighted by molar-refractivity contribution is -0.134. The number of rotatable bonds is 7. The van der Waals surface area contributed by atoms with E-state index in [-0.39, 0.29) is 10.6 Å². The molecule has 0 aliphatic carbocycles. The van der Waals surface area contributed by atoms with E-state index >= 15 is 0 Å². The quantitative estimate of drug-likeness (QED) is 0.591. The van der Waals surface area contributed by atoms with E-state index in [4.69, 9.17) is 10.5 Å². The van der Waals surface area contributed by atoms with Gasteiger partial charge in [-0.15, -0.1) is 11.3 Å². The molecular weight excluding hydrogens is 396 g/mol. The molecule has 4 N–H and O–H groups in total. The number of primary amides is 1. The summed E-state index contributed by atoms with van der Waals surface area (Å²) in [5.74, 6) is -1.19. The Bertz CT molecular complexity index is 971. The van der Waals surface area contributed by atoms with Gasteiger partial charge >= 0.3 is 6.03 Å². The van der Waals surface area contributed by atoms with Gasteiger partial charge in [-0.1, -0.05) is 19.1 Å². The second-order valence-electron chi connectivity index (χ2n) is 6.38. The van der Waals surface area contributed by atoms with Gasteiger partial charge in [0.2, 0.25) is 5.91 Å². The predicted molar refractivity (Wildman–Crippen MR) is 107 cm³/mol. The average Bonchev–Trinajstić information content (AvgIpc) is 3.26. The smallest absolute Gasteiger partial charge is 0.325 e. The van der Waals surface area contributed by atoms with Crippen molar-refractivity contribution in [2.75, 3.05) is 19.0 Å². The minimum Gasteiger partial charge on any atom is -0.497 e. The summed E-state index contributed by atoms with van der Waals surface area (Å²) in [5.41, 5.74) is 4.76. The first-order valence-electron chi connectivity index (χ1n) is 8.78. The fourth-order valence-corrected chi connectivity index (χ4v) is 4.00. The molecule has 5 amide bonds. The molecule has 9 nitrogen and oxygen atoms in total. The van der Waals surface area contributed by atoms with E-state index in [0.717, 1.165) is 16.2 Å². The first-order chi connectivity index (χ1) is 13.8. The van der Waals surface area contributed by atoms with Crippen LogP contribution in [0.3, 0.4) is 0 Å². The summed E-state index contributed by atoms with van der Waals surface area (Å²) >= 11 is 1.12. The number of amides is 5. The number of nitrogens with zero attached hydrogens (tertiary/aromatic N) is 1. The van der Waals surface area contributed by atoms with Crippen molar-refractivity contribution < 1.29 is 23.9 Å². The van der Waals surface area contributed by atoms with Gasteiger partial charge in [0.1, 0.15) is 22.8 Å². The Morgan fingerprint density at radius 3 is 2.52 bits per heavy atom. The first kappa shape index (κ1) is 20.3. The lowest BCUT2D eigenvalue weighted by atomic mass is 9.87. The van der Waals surface area contributed by atoms with Crippen molar-refractivity contribution in [2.45, 2.75) is 18.9 Å². The topological polar surface area (TPSA) is 131 Å². The molecule has 0 unspecified atom stereocenters. The number of nitrogens with two attached hydrogens (primary N) is 1. The van der Waals surface area contributed by atoms with Crippen LogP contribution >= 0.6 is 11.3 Å². The number of urea groups is 1. The van der Waals surface area contributed by atoms with Gasteiger partial charge < -0.3 is 21.1 Å². The van der Waals surface area contributed by atoms with Crippen LogP contribution in [0, 0.1) is 0 Å². The highest BCUT2D eigenvalue weighted by atomic mass is 32.1. The Morgan fingerprint density at radius 2 is 1.93 bits per heavy atom. The van der Waals surface area contributed by atoms with E-state index in [1.165, 1.54) is 13.2 Å². The summed E-state index contributed by atoms with van der Waals surface area (Å²) in [5, 5.41) is 7.11. The summed E-state index contributed by atoms with van der Waals surface area (Å²) in [6.07, 6.45) is 0.304. The van der Waals surface area contributed by atoms with E-state index in [1.54, 1.807) is 36.6 Å². The molecule has 0 saturated carbocycles. The largest absolute Gasteiger partial charge is 0.497 e. The summed E-state index contributed by atoms with van der Waals surface area (Å²) in [4.78, 5) is 50.2. The van der Waals surface area contributed by atoms with E-state index in [0.29, 0.717) is 17.7 Å². The van der Waals surface area contributed by atoms with Crippen molar-refractivity contribution in [1.82, 2.24) is 10.2 Å². The third kappa shape index (κ3) is 3.66. The Labute approximate surface area is 170 Å². The van der Waals surface area contributed by atoms with Crippen LogP contribution in [0.15, 0.2) is 35.7 Å². The minimum absolute atomic E-state index is 0.168. The summed E-state index contributed by atoms with van der Waals surface area (Å²) in [7, 11) is 1.53. The van der Waals surface area contributed by atoms with Gasteiger partial charge in [0.25, 0.3) is 11.8 Å². The van der Waals surface area contributed by atoms with Crippen LogP contribution in [-0.2, 0) is 15.1 Å². The maximum absolute atomic E-state index is 13.1. The zero-order valence-corrected chi connectivity index (χ0v) is 16.7. The number of hydrogen-bond acceptors (Lipinski definition) is 6. The highest BCUT2D eigenvalue weighted by Gasteiger charge is 2.51. The molecule has 0 spiro atoms. The highest BCUT2D eigenvalue weighted by molar-refractivity contribution is 7.14. The lowest BCUT2D eigenvalue weighted by Crippen LogP contribution is -2.44. The molecule has 1 aromatic heterocycles. The highest BCUT2D eigenvalue weighted by Crippen LogP contribution is 2.33. The molecule has 1 aliphatic heterocycles. The molecule has 1 aromatic carbocycles. The minimum atomic E-state index is -1.26. The number of ether oxygens (including phenoxy) is 1. The van der Waals surface area contributed by atoms with Crippen LogP contribution in [0.1, 0.15) is 29.3 Å². The number of carbonyl (C=O) groups excluding carboxylic acids is 4. The van der Waals surface area contributed by atoms with Gasteiger partial charge in [-0.05, 0) is 35.6 Å². The Balaban J connectivity index is 1.79. The molecule has 1 atom stereocenters. The fraction of sp³-hybridized carbons (Fsp3) is 0.263. The van der Waals surface area contributed by atoms with E-state index in [9.17, 15) is 19.2 Å². The normalized spacial score (nSPS) is 18.5. The van der Waals surface area contributed by atoms with Gasteiger partial charge in [-0.25, -0.2) is 4.79 Å². The second kappa shape index (κ2) is 7.92. The lowest BCUT2D eigenvalue weighted by Gasteiger charge is -2.26. The molecule has 3 rings (SSSR count). The molecule has 10 heteroatoms. The summed E-state index contributed by atoms with van der Waals surface area (Å²) in [6.45, 7) is 1.29. The second-order valence-corrected chi connectivity index (χ2v) is 7.30.